The maximum absolute atomic E-state index is 11.9. The summed E-state index contributed by atoms with van der Waals surface area (Å²) in [6.07, 6.45) is 1.46. The fourth-order valence-corrected chi connectivity index (χ4v) is 1.10. The van der Waals surface area contributed by atoms with E-state index < -0.39 is 11.3 Å². The van der Waals surface area contributed by atoms with Gasteiger partial charge in [-0.2, -0.15) is 0 Å². The Kier molecular flexibility index (Phi) is 4.09. The van der Waals surface area contributed by atoms with Gasteiger partial charge < -0.3 is 21.0 Å². The molecule has 4 N–H and O–H groups in total. The topological polar surface area (TPSA) is 110 Å². The number of nitrogens with zero attached hydrogens (tertiary/aromatic N) is 2. The Labute approximate surface area is 105 Å². The quantitative estimate of drug-likeness (QED) is 0.318. The molecule has 0 saturated carbocycles. The van der Waals surface area contributed by atoms with Crippen molar-refractivity contribution in [3.05, 3.63) is 18.3 Å². The highest BCUT2D eigenvalue weighted by molar-refractivity contribution is 6.11. The Morgan fingerprint density at radius 2 is 2.22 bits per heavy atom. The number of rotatable bonds is 4. The van der Waals surface area contributed by atoms with Crippen molar-refractivity contribution in [2.75, 3.05) is 12.4 Å². The summed E-state index contributed by atoms with van der Waals surface area (Å²) in [6.45, 7) is 3.10. The molecule has 0 spiro atoms. The van der Waals surface area contributed by atoms with Crippen LogP contribution in [0, 0.1) is 5.41 Å². The van der Waals surface area contributed by atoms with E-state index >= 15 is 0 Å². The van der Waals surface area contributed by atoms with Crippen LogP contribution in [0.3, 0.4) is 0 Å². The average Bonchev–Trinajstić information content (AvgIpc) is 2.38. The summed E-state index contributed by atoms with van der Waals surface area (Å²) in [5.74, 6) is -0.116. The third kappa shape index (κ3) is 2.88. The van der Waals surface area contributed by atoms with Crippen molar-refractivity contribution in [2.24, 2.45) is 16.3 Å². The van der Waals surface area contributed by atoms with Gasteiger partial charge in [-0.05, 0) is 19.9 Å². The van der Waals surface area contributed by atoms with Crippen molar-refractivity contribution < 1.29 is 14.7 Å². The maximum atomic E-state index is 11.9. The second-order valence-electron chi connectivity index (χ2n) is 4.15. The predicted octanol–water partition coefficient (Wildman–Crippen LogP) is 0.801. The molecule has 7 heteroatoms. The lowest BCUT2D eigenvalue weighted by molar-refractivity contribution is -0.121. The van der Waals surface area contributed by atoms with Crippen LogP contribution in [-0.2, 0) is 4.79 Å². The highest BCUT2D eigenvalue weighted by Gasteiger charge is 2.32. The number of aromatic nitrogens is 1. The molecule has 0 aromatic carbocycles. The number of amidine groups is 1. The van der Waals surface area contributed by atoms with Gasteiger partial charge in [0, 0.05) is 6.07 Å². The zero-order valence-electron chi connectivity index (χ0n) is 10.5. The number of ether oxygens (including phenoxy) is 1. The van der Waals surface area contributed by atoms with Gasteiger partial charge in [0.05, 0.1) is 19.0 Å². The van der Waals surface area contributed by atoms with Gasteiger partial charge in [0.25, 0.3) is 0 Å². The molecule has 0 saturated heterocycles. The third-order valence-corrected chi connectivity index (χ3v) is 2.52. The smallest absolute Gasteiger partial charge is 0.237 e. The molecule has 0 radical (unpaired) electrons. The number of methoxy groups -OCH3 is 1. The molecule has 0 fully saturated rings. The molecule has 18 heavy (non-hydrogen) atoms. The molecule has 0 bridgehead atoms. The van der Waals surface area contributed by atoms with E-state index in [-0.39, 0.29) is 5.84 Å². The number of oxime groups is 1. The Bertz CT molecular complexity index is 454. The maximum Gasteiger partial charge on any atom is 0.237 e. The minimum absolute atomic E-state index is 0.165. The second-order valence-corrected chi connectivity index (χ2v) is 4.15. The normalized spacial score (nSPS) is 12.1. The lowest BCUT2D eigenvalue weighted by Gasteiger charge is -2.21. The van der Waals surface area contributed by atoms with Gasteiger partial charge in [0.2, 0.25) is 11.8 Å². The van der Waals surface area contributed by atoms with E-state index in [0.717, 1.165) is 0 Å². The number of anilines is 1. The van der Waals surface area contributed by atoms with Gasteiger partial charge in [0.15, 0.2) is 5.84 Å². The van der Waals surface area contributed by atoms with Gasteiger partial charge in [0.1, 0.15) is 5.41 Å². The predicted molar refractivity (Wildman–Crippen MR) is 66.6 cm³/mol. The monoisotopic (exact) mass is 252 g/mol. The molecule has 1 rings (SSSR count). The molecule has 0 aliphatic heterocycles. The van der Waals surface area contributed by atoms with Crippen LogP contribution < -0.4 is 15.8 Å². The summed E-state index contributed by atoms with van der Waals surface area (Å²) in [6, 6.07) is 3.26. The van der Waals surface area contributed by atoms with Crippen molar-refractivity contribution in [3.63, 3.8) is 0 Å². The first-order chi connectivity index (χ1) is 8.41. The lowest BCUT2D eigenvalue weighted by Crippen LogP contribution is -2.42. The molecule has 1 amide bonds. The van der Waals surface area contributed by atoms with Crippen molar-refractivity contribution in [3.8, 4) is 5.88 Å². The Morgan fingerprint density at radius 1 is 1.56 bits per heavy atom. The standard InChI is InChI=1S/C11H16N4O3/c1-11(2,9(12)15-17)10(16)14-7-4-5-8(18-3)13-6-7/h4-6,17H,1-3H3,(H2,12,15)(H,14,16). The Balaban J connectivity index is 2.81. The minimum Gasteiger partial charge on any atom is -0.481 e. The van der Waals surface area contributed by atoms with Gasteiger partial charge in [-0.25, -0.2) is 4.98 Å². The number of hydrogen-bond donors (Lipinski definition) is 3. The van der Waals surface area contributed by atoms with E-state index in [2.05, 4.69) is 15.5 Å². The summed E-state index contributed by atoms with van der Waals surface area (Å²) in [5, 5.41) is 14.1. The van der Waals surface area contributed by atoms with E-state index in [1.807, 2.05) is 0 Å². The van der Waals surface area contributed by atoms with E-state index in [0.29, 0.717) is 11.6 Å². The second kappa shape index (κ2) is 5.35. The molecule has 7 nitrogen and oxygen atoms in total. The molecular weight excluding hydrogens is 236 g/mol. The number of carbonyl (C=O) groups excluding carboxylic acids is 1. The minimum atomic E-state index is -1.12. The molecule has 0 atom stereocenters. The molecule has 1 aromatic rings. The van der Waals surface area contributed by atoms with Crippen molar-refractivity contribution >= 4 is 17.4 Å². The number of nitrogens with two attached hydrogens (primary N) is 1. The van der Waals surface area contributed by atoms with Crippen LogP contribution >= 0.6 is 0 Å². The van der Waals surface area contributed by atoms with Gasteiger partial charge in [-0.15, -0.1) is 0 Å². The highest BCUT2D eigenvalue weighted by atomic mass is 16.5. The summed E-state index contributed by atoms with van der Waals surface area (Å²) in [7, 11) is 1.50. The lowest BCUT2D eigenvalue weighted by atomic mass is 9.91. The van der Waals surface area contributed by atoms with Gasteiger partial charge in [-0.3, -0.25) is 4.79 Å². The van der Waals surface area contributed by atoms with Gasteiger partial charge >= 0.3 is 0 Å². The van der Waals surface area contributed by atoms with E-state index in [9.17, 15) is 4.79 Å². The zero-order chi connectivity index (χ0) is 13.8. The van der Waals surface area contributed by atoms with Crippen molar-refractivity contribution in [2.45, 2.75) is 13.8 Å². The fourth-order valence-electron chi connectivity index (χ4n) is 1.10. The van der Waals surface area contributed by atoms with Crippen LogP contribution in [0.15, 0.2) is 23.5 Å². The molecular formula is C11H16N4O3. The highest BCUT2D eigenvalue weighted by Crippen LogP contribution is 2.19. The van der Waals surface area contributed by atoms with Crippen LogP contribution in [0.5, 0.6) is 5.88 Å². The molecule has 0 aliphatic carbocycles. The van der Waals surface area contributed by atoms with Crippen LogP contribution in [-0.4, -0.2) is 29.0 Å². The summed E-state index contributed by atoms with van der Waals surface area (Å²) in [5.41, 5.74) is 4.84. The first-order valence-corrected chi connectivity index (χ1v) is 5.21. The van der Waals surface area contributed by atoms with Crippen LogP contribution in [0.25, 0.3) is 0 Å². The molecule has 98 valence electrons. The van der Waals surface area contributed by atoms with E-state index in [4.69, 9.17) is 15.7 Å². The number of nitrogens with one attached hydrogen (secondary N) is 1. The SMILES string of the molecule is COc1ccc(NC(=O)C(C)(C)C(N)=NO)cn1. The third-order valence-electron chi connectivity index (χ3n) is 2.52. The molecule has 1 heterocycles. The van der Waals surface area contributed by atoms with Crippen LogP contribution in [0.1, 0.15) is 13.8 Å². The van der Waals surface area contributed by atoms with Crippen LogP contribution in [0.4, 0.5) is 5.69 Å². The summed E-state index contributed by atoms with van der Waals surface area (Å²) in [4.78, 5) is 15.9. The van der Waals surface area contributed by atoms with Crippen molar-refractivity contribution in [1.29, 1.82) is 0 Å². The van der Waals surface area contributed by atoms with E-state index in [1.165, 1.54) is 13.3 Å². The number of carbonyl (C=O) groups is 1. The zero-order valence-corrected chi connectivity index (χ0v) is 10.5. The van der Waals surface area contributed by atoms with Crippen LogP contribution in [0.2, 0.25) is 0 Å². The summed E-state index contributed by atoms with van der Waals surface area (Å²) < 4.78 is 4.90. The summed E-state index contributed by atoms with van der Waals surface area (Å²) >= 11 is 0. The Hall–Kier alpha value is -2.31. The van der Waals surface area contributed by atoms with Crippen molar-refractivity contribution in [1.82, 2.24) is 4.98 Å². The Morgan fingerprint density at radius 3 is 2.67 bits per heavy atom. The molecule has 1 aromatic heterocycles. The number of pyridine rings is 1. The number of amides is 1. The first-order valence-electron chi connectivity index (χ1n) is 5.21. The van der Waals surface area contributed by atoms with E-state index in [1.54, 1.807) is 26.0 Å². The average molecular weight is 252 g/mol. The fraction of sp³-hybridized carbons (Fsp3) is 0.364. The molecule has 0 aliphatic rings. The molecule has 0 unspecified atom stereocenters. The first kappa shape index (κ1) is 13.8. The number of hydrogen-bond acceptors (Lipinski definition) is 5. The van der Waals surface area contributed by atoms with Gasteiger partial charge in [-0.1, -0.05) is 5.16 Å². The largest absolute Gasteiger partial charge is 0.481 e.